The van der Waals surface area contributed by atoms with Crippen LogP contribution in [0.1, 0.15) is 51.6 Å². The summed E-state index contributed by atoms with van der Waals surface area (Å²) in [6.45, 7) is 9.98. The Morgan fingerprint density at radius 3 is 2.96 bits per heavy atom. The number of hydrogen-bond donors (Lipinski definition) is 1. The Balaban J connectivity index is 1.75. The third-order valence-electron chi connectivity index (χ3n) is 3.80. The van der Waals surface area contributed by atoms with Crippen LogP contribution in [-0.2, 0) is 11.3 Å². The van der Waals surface area contributed by atoms with Crippen molar-refractivity contribution in [3.05, 3.63) is 23.8 Å². The van der Waals surface area contributed by atoms with Gasteiger partial charge in [-0.3, -0.25) is 0 Å². The summed E-state index contributed by atoms with van der Waals surface area (Å²) < 4.78 is 5.49. The van der Waals surface area contributed by atoms with E-state index in [1.807, 2.05) is 38.7 Å². The number of nitrogens with one attached hydrogen (secondary N) is 1. The van der Waals surface area contributed by atoms with Crippen LogP contribution in [0, 0.1) is 6.92 Å². The number of likely N-dealkylation sites (tertiary alicyclic amines) is 1. The predicted octanol–water partition coefficient (Wildman–Crippen LogP) is 2.66. The lowest BCUT2D eigenvalue weighted by Crippen LogP contribution is -2.40. The van der Waals surface area contributed by atoms with E-state index in [9.17, 15) is 4.79 Å². The molecular weight excluding hydrogens is 292 g/mol. The minimum Gasteiger partial charge on any atom is -0.444 e. The van der Waals surface area contributed by atoms with Crippen molar-refractivity contribution in [3.8, 4) is 0 Å². The van der Waals surface area contributed by atoms with E-state index in [0.717, 1.165) is 50.4 Å². The number of rotatable bonds is 5. The number of aromatic nitrogens is 2. The minimum absolute atomic E-state index is 0.188. The van der Waals surface area contributed by atoms with Crippen molar-refractivity contribution in [1.82, 2.24) is 20.2 Å². The van der Waals surface area contributed by atoms with Gasteiger partial charge in [-0.1, -0.05) is 0 Å². The van der Waals surface area contributed by atoms with Gasteiger partial charge in [0, 0.05) is 25.3 Å². The second-order valence-electron chi connectivity index (χ2n) is 7.03. The largest absolute Gasteiger partial charge is 0.444 e. The molecule has 0 bridgehead atoms. The van der Waals surface area contributed by atoms with Crippen LogP contribution in [0.5, 0.6) is 0 Å². The molecule has 0 saturated carbocycles. The first-order valence-corrected chi connectivity index (χ1v) is 8.34. The Morgan fingerprint density at radius 2 is 2.26 bits per heavy atom. The molecule has 128 valence electrons. The molecule has 1 unspecified atom stereocenters. The molecule has 1 saturated heterocycles. The molecule has 1 atom stereocenters. The maximum atomic E-state index is 12.2. The van der Waals surface area contributed by atoms with Gasteiger partial charge in [-0.05, 0) is 59.6 Å². The van der Waals surface area contributed by atoms with E-state index in [0.29, 0.717) is 0 Å². The lowest BCUT2D eigenvalue weighted by molar-refractivity contribution is 0.0220. The Morgan fingerprint density at radius 1 is 1.48 bits per heavy atom. The molecule has 1 N–H and O–H groups in total. The highest BCUT2D eigenvalue weighted by molar-refractivity contribution is 5.68. The summed E-state index contributed by atoms with van der Waals surface area (Å²) in [5, 5.41) is 3.39. The van der Waals surface area contributed by atoms with Crippen molar-refractivity contribution in [2.75, 3.05) is 13.1 Å². The first-order valence-electron chi connectivity index (χ1n) is 8.34. The summed E-state index contributed by atoms with van der Waals surface area (Å²) in [5.74, 6) is 0.788. The zero-order valence-corrected chi connectivity index (χ0v) is 14.6. The van der Waals surface area contributed by atoms with Crippen LogP contribution in [0.3, 0.4) is 0 Å². The van der Waals surface area contributed by atoms with Crippen LogP contribution in [0.2, 0.25) is 0 Å². The molecule has 0 spiro atoms. The van der Waals surface area contributed by atoms with Gasteiger partial charge in [0.1, 0.15) is 11.4 Å². The van der Waals surface area contributed by atoms with E-state index >= 15 is 0 Å². The number of ether oxygens (including phenoxy) is 1. The normalized spacial score (nSPS) is 18.3. The monoisotopic (exact) mass is 320 g/mol. The van der Waals surface area contributed by atoms with Gasteiger partial charge in [-0.25, -0.2) is 14.8 Å². The van der Waals surface area contributed by atoms with Crippen molar-refractivity contribution < 1.29 is 9.53 Å². The number of aryl methyl sites for hydroxylation is 1. The molecule has 1 fully saturated rings. The smallest absolute Gasteiger partial charge is 0.410 e. The second-order valence-corrected chi connectivity index (χ2v) is 7.03. The van der Waals surface area contributed by atoms with Crippen LogP contribution in [0.15, 0.2) is 12.3 Å². The molecule has 6 nitrogen and oxygen atoms in total. The highest BCUT2D eigenvalue weighted by Crippen LogP contribution is 2.22. The summed E-state index contributed by atoms with van der Waals surface area (Å²) >= 11 is 0. The summed E-state index contributed by atoms with van der Waals surface area (Å²) in [6, 6.07) is 2.19. The van der Waals surface area contributed by atoms with Crippen molar-refractivity contribution in [2.24, 2.45) is 0 Å². The number of carbonyl (C=O) groups is 1. The Labute approximate surface area is 138 Å². The zero-order valence-electron chi connectivity index (χ0n) is 14.6. The van der Waals surface area contributed by atoms with Crippen molar-refractivity contribution in [3.63, 3.8) is 0 Å². The predicted molar refractivity (Wildman–Crippen MR) is 89.1 cm³/mol. The maximum absolute atomic E-state index is 12.2. The van der Waals surface area contributed by atoms with Crippen molar-refractivity contribution >= 4 is 6.09 Å². The second kappa shape index (κ2) is 7.73. The van der Waals surface area contributed by atoms with Crippen LogP contribution >= 0.6 is 0 Å². The highest BCUT2D eigenvalue weighted by atomic mass is 16.6. The average Bonchev–Trinajstić information content (AvgIpc) is 2.90. The molecular formula is C17H28N4O2. The quantitative estimate of drug-likeness (QED) is 0.845. The standard InChI is InChI=1S/C17H28N4O2/c1-13-19-10-7-14(20-13)12-18-9-8-15-6-5-11-21(15)16(22)23-17(2,3)4/h7,10,15,18H,5-6,8-9,11-12H2,1-4H3. The zero-order chi connectivity index (χ0) is 16.9. The molecule has 1 aliphatic heterocycles. The minimum atomic E-state index is -0.437. The summed E-state index contributed by atoms with van der Waals surface area (Å²) in [6.07, 6.45) is 4.62. The van der Waals surface area contributed by atoms with Gasteiger partial charge in [0.25, 0.3) is 0 Å². The molecule has 0 radical (unpaired) electrons. The highest BCUT2D eigenvalue weighted by Gasteiger charge is 2.31. The van der Waals surface area contributed by atoms with E-state index in [4.69, 9.17) is 4.74 Å². The average molecular weight is 320 g/mol. The van der Waals surface area contributed by atoms with E-state index in [1.54, 1.807) is 6.20 Å². The van der Waals surface area contributed by atoms with Crippen LogP contribution < -0.4 is 5.32 Å². The number of nitrogens with zero attached hydrogens (tertiary/aromatic N) is 3. The molecule has 1 aromatic heterocycles. The van der Waals surface area contributed by atoms with Gasteiger partial charge in [-0.15, -0.1) is 0 Å². The summed E-state index contributed by atoms with van der Waals surface area (Å²) in [7, 11) is 0. The molecule has 1 aliphatic rings. The molecule has 1 amide bonds. The summed E-state index contributed by atoms with van der Waals surface area (Å²) in [5.41, 5.74) is 0.556. The third-order valence-corrected chi connectivity index (χ3v) is 3.80. The molecule has 0 aliphatic carbocycles. The molecule has 2 heterocycles. The van der Waals surface area contributed by atoms with Gasteiger partial charge in [0.15, 0.2) is 0 Å². The van der Waals surface area contributed by atoms with Crippen LogP contribution in [0.25, 0.3) is 0 Å². The van der Waals surface area contributed by atoms with Gasteiger partial charge in [0.05, 0.1) is 5.69 Å². The first-order chi connectivity index (χ1) is 10.8. The number of hydrogen-bond acceptors (Lipinski definition) is 5. The van der Waals surface area contributed by atoms with Gasteiger partial charge in [-0.2, -0.15) is 0 Å². The van der Waals surface area contributed by atoms with Gasteiger partial charge >= 0.3 is 6.09 Å². The lowest BCUT2D eigenvalue weighted by Gasteiger charge is -2.28. The molecule has 23 heavy (non-hydrogen) atoms. The fraction of sp³-hybridized carbons (Fsp3) is 0.706. The van der Waals surface area contributed by atoms with E-state index < -0.39 is 5.60 Å². The van der Waals surface area contributed by atoms with E-state index in [-0.39, 0.29) is 12.1 Å². The topological polar surface area (TPSA) is 67.4 Å². The fourth-order valence-corrected chi connectivity index (χ4v) is 2.79. The SMILES string of the molecule is Cc1nccc(CNCCC2CCCN2C(=O)OC(C)(C)C)n1. The van der Waals surface area contributed by atoms with Crippen molar-refractivity contribution in [2.45, 2.75) is 65.1 Å². The van der Waals surface area contributed by atoms with Gasteiger partial charge in [0.2, 0.25) is 0 Å². The number of amides is 1. The molecule has 6 heteroatoms. The molecule has 1 aromatic rings. The Bertz CT molecular complexity index is 528. The van der Waals surface area contributed by atoms with E-state index in [2.05, 4.69) is 15.3 Å². The van der Waals surface area contributed by atoms with Gasteiger partial charge < -0.3 is 15.0 Å². The first kappa shape index (κ1) is 17.7. The van der Waals surface area contributed by atoms with E-state index in [1.165, 1.54) is 0 Å². The molecule has 0 aromatic carbocycles. The summed E-state index contributed by atoms with van der Waals surface area (Å²) in [4.78, 5) is 22.6. The van der Waals surface area contributed by atoms with Crippen LogP contribution in [0.4, 0.5) is 4.79 Å². The maximum Gasteiger partial charge on any atom is 0.410 e. The van der Waals surface area contributed by atoms with Crippen LogP contribution in [-0.4, -0.2) is 45.7 Å². The number of carbonyl (C=O) groups excluding carboxylic acids is 1. The third kappa shape index (κ3) is 5.78. The van der Waals surface area contributed by atoms with Crippen molar-refractivity contribution in [1.29, 1.82) is 0 Å². The fourth-order valence-electron chi connectivity index (χ4n) is 2.79. The Hall–Kier alpha value is -1.69. The Kier molecular flexibility index (Phi) is 5.93. The molecule has 2 rings (SSSR count). The lowest BCUT2D eigenvalue weighted by atomic mass is 10.1.